The summed E-state index contributed by atoms with van der Waals surface area (Å²) < 4.78 is 0. The molecule has 0 aromatic carbocycles. The number of amides is 5. The summed E-state index contributed by atoms with van der Waals surface area (Å²) in [4.78, 5) is 50.9. The Kier molecular flexibility index (Phi) is 4.41. The van der Waals surface area contributed by atoms with Gasteiger partial charge in [-0.15, -0.1) is 0 Å². The molecule has 2 fully saturated rings. The molecule has 0 saturated carbocycles. The quantitative estimate of drug-likeness (QED) is 0.555. The monoisotopic (exact) mass is 297 g/mol. The highest BCUT2D eigenvalue weighted by Crippen LogP contribution is 2.10. The van der Waals surface area contributed by atoms with Crippen LogP contribution >= 0.6 is 0 Å². The van der Waals surface area contributed by atoms with E-state index in [0.29, 0.717) is 19.6 Å². The predicted molar refractivity (Wildman–Crippen MR) is 71.9 cm³/mol. The van der Waals surface area contributed by atoms with Crippen molar-refractivity contribution in [3.63, 3.8) is 0 Å². The molecule has 0 aromatic heterocycles. The van der Waals surface area contributed by atoms with Crippen LogP contribution in [-0.2, 0) is 14.4 Å². The van der Waals surface area contributed by atoms with Gasteiger partial charge in [0, 0.05) is 26.2 Å². The Morgan fingerprint density at radius 2 is 2.00 bits per heavy atom. The van der Waals surface area contributed by atoms with Gasteiger partial charge in [0.15, 0.2) is 0 Å². The van der Waals surface area contributed by atoms with Crippen molar-refractivity contribution in [3.05, 3.63) is 0 Å². The van der Waals surface area contributed by atoms with Gasteiger partial charge < -0.3 is 20.9 Å². The van der Waals surface area contributed by atoms with E-state index >= 15 is 0 Å². The van der Waals surface area contributed by atoms with Crippen LogP contribution in [0.2, 0.25) is 0 Å². The van der Waals surface area contributed by atoms with Crippen LogP contribution in [-0.4, -0.2) is 84.8 Å². The SMILES string of the molecule is CN1CCN(C(=O)CN2C(=O)CNC2=O)C[C@H](C(N)=O)C1. The molecule has 3 N–H and O–H groups in total. The minimum Gasteiger partial charge on any atom is -0.369 e. The maximum Gasteiger partial charge on any atom is 0.325 e. The van der Waals surface area contributed by atoms with Crippen LogP contribution in [0.15, 0.2) is 0 Å². The first-order valence-electron chi connectivity index (χ1n) is 6.72. The highest BCUT2D eigenvalue weighted by molar-refractivity contribution is 6.04. The Morgan fingerprint density at radius 1 is 1.29 bits per heavy atom. The normalized spacial score (nSPS) is 24.0. The topological polar surface area (TPSA) is 116 Å². The van der Waals surface area contributed by atoms with Gasteiger partial charge in [-0.2, -0.15) is 0 Å². The van der Waals surface area contributed by atoms with E-state index in [1.54, 1.807) is 0 Å². The number of nitrogens with one attached hydrogen (secondary N) is 1. The van der Waals surface area contributed by atoms with Crippen LogP contribution in [0.25, 0.3) is 0 Å². The highest BCUT2D eigenvalue weighted by atomic mass is 16.2. The van der Waals surface area contributed by atoms with Gasteiger partial charge in [-0.05, 0) is 7.05 Å². The summed E-state index contributed by atoms with van der Waals surface area (Å²) in [5.74, 6) is -1.70. The summed E-state index contributed by atoms with van der Waals surface area (Å²) in [7, 11) is 1.85. The number of primary amides is 1. The summed E-state index contributed by atoms with van der Waals surface area (Å²) in [6.45, 7) is 1.35. The lowest BCUT2D eigenvalue weighted by atomic mass is 10.1. The molecule has 2 heterocycles. The van der Waals surface area contributed by atoms with Crippen LogP contribution in [0, 0.1) is 5.92 Å². The molecule has 0 unspecified atom stereocenters. The van der Waals surface area contributed by atoms with Gasteiger partial charge in [-0.1, -0.05) is 0 Å². The zero-order chi connectivity index (χ0) is 15.6. The second-order valence-electron chi connectivity index (χ2n) is 5.34. The molecule has 9 nitrogen and oxygen atoms in total. The first-order chi connectivity index (χ1) is 9.88. The number of urea groups is 1. The van der Waals surface area contributed by atoms with E-state index in [2.05, 4.69) is 5.32 Å². The number of nitrogens with two attached hydrogens (primary N) is 1. The largest absolute Gasteiger partial charge is 0.369 e. The van der Waals surface area contributed by atoms with Gasteiger partial charge in [-0.25, -0.2) is 4.79 Å². The minimum atomic E-state index is -0.563. The molecule has 5 amide bonds. The summed E-state index contributed by atoms with van der Waals surface area (Å²) in [6, 6.07) is -0.563. The van der Waals surface area contributed by atoms with E-state index in [9.17, 15) is 19.2 Å². The minimum absolute atomic E-state index is 0.0846. The molecule has 116 valence electrons. The van der Waals surface area contributed by atoms with Crippen molar-refractivity contribution >= 4 is 23.8 Å². The molecule has 2 aliphatic rings. The van der Waals surface area contributed by atoms with Crippen molar-refractivity contribution in [1.82, 2.24) is 20.0 Å². The molecule has 9 heteroatoms. The Hall–Kier alpha value is -2.16. The molecule has 2 rings (SSSR count). The number of nitrogens with zero attached hydrogens (tertiary/aromatic N) is 3. The summed E-state index contributed by atoms with van der Waals surface area (Å²) >= 11 is 0. The smallest absolute Gasteiger partial charge is 0.325 e. The second-order valence-corrected chi connectivity index (χ2v) is 5.34. The van der Waals surface area contributed by atoms with Crippen molar-refractivity contribution in [2.75, 3.05) is 46.3 Å². The summed E-state index contributed by atoms with van der Waals surface area (Å²) in [6.07, 6.45) is 0. The zero-order valence-electron chi connectivity index (χ0n) is 11.9. The number of carbonyl (C=O) groups excluding carboxylic acids is 4. The fraction of sp³-hybridized carbons (Fsp3) is 0.667. The van der Waals surface area contributed by atoms with Crippen LogP contribution < -0.4 is 11.1 Å². The highest BCUT2D eigenvalue weighted by Gasteiger charge is 2.33. The van der Waals surface area contributed by atoms with Crippen LogP contribution in [0.3, 0.4) is 0 Å². The molecular weight excluding hydrogens is 278 g/mol. The van der Waals surface area contributed by atoms with Crippen molar-refractivity contribution in [2.45, 2.75) is 0 Å². The van der Waals surface area contributed by atoms with E-state index in [1.807, 2.05) is 11.9 Å². The number of rotatable bonds is 3. The number of hydrogen-bond donors (Lipinski definition) is 2. The van der Waals surface area contributed by atoms with Gasteiger partial charge in [-0.3, -0.25) is 19.3 Å². The van der Waals surface area contributed by atoms with Crippen molar-refractivity contribution in [2.24, 2.45) is 11.7 Å². The van der Waals surface area contributed by atoms with Gasteiger partial charge >= 0.3 is 6.03 Å². The lowest BCUT2D eigenvalue weighted by Gasteiger charge is -2.24. The van der Waals surface area contributed by atoms with E-state index < -0.39 is 23.8 Å². The van der Waals surface area contributed by atoms with Gasteiger partial charge in [0.05, 0.1) is 12.5 Å². The van der Waals surface area contributed by atoms with E-state index in [-0.39, 0.29) is 25.5 Å². The van der Waals surface area contributed by atoms with Gasteiger partial charge in [0.1, 0.15) is 6.54 Å². The molecule has 2 aliphatic heterocycles. The second kappa shape index (κ2) is 6.08. The molecule has 2 saturated heterocycles. The predicted octanol–water partition coefficient (Wildman–Crippen LogP) is -2.59. The van der Waals surface area contributed by atoms with Gasteiger partial charge in [0.2, 0.25) is 11.8 Å². The van der Waals surface area contributed by atoms with Crippen LogP contribution in [0.1, 0.15) is 0 Å². The molecule has 0 bridgehead atoms. The first kappa shape index (κ1) is 15.2. The molecule has 0 aromatic rings. The third-order valence-corrected chi connectivity index (χ3v) is 3.71. The van der Waals surface area contributed by atoms with E-state index in [1.165, 1.54) is 4.90 Å². The lowest BCUT2D eigenvalue weighted by molar-refractivity contribution is -0.137. The zero-order valence-corrected chi connectivity index (χ0v) is 11.9. The average molecular weight is 297 g/mol. The van der Waals surface area contributed by atoms with Crippen molar-refractivity contribution in [3.8, 4) is 0 Å². The fourth-order valence-corrected chi connectivity index (χ4v) is 2.43. The molecule has 0 radical (unpaired) electrons. The molecule has 21 heavy (non-hydrogen) atoms. The summed E-state index contributed by atoms with van der Waals surface area (Å²) in [5.41, 5.74) is 5.34. The Labute approximate surface area is 122 Å². The third-order valence-electron chi connectivity index (χ3n) is 3.71. The molecular formula is C12H19N5O4. The first-order valence-corrected chi connectivity index (χ1v) is 6.72. The fourth-order valence-electron chi connectivity index (χ4n) is 2.43. The van der Waals surface area contributed by atoms with Crippen LogP contribution in [0.4, 0.5) is 4.79 Å². The number of hydrogen-bond acceptors (Lipinski definition) is 5. The van der Waals surface area contributed by atoms with Crippen molar-refractivity contribution < 1.29 is 19.2 Å². The van der Waals surface area contributed by atoms with E-state index in [0.717, 1.165) is 4.90 Å². The number of likely N-dealkylation sites (N-methyl/N-ethyl adjacent to an activating group) is 1. The van der Waals surface area contributed by atoms with Crippen molar-refractivity contribution in [1.29, 1.82) is 0 Å². The average Bonchev–Trinajstić information content (AvgIpc) is 2.65. The number of imide groups is 1. The Bertz CT molecular complexity index is 464. The molecule has 0 spiro atoms. The summed E-state index contributed by atoms with van der Waals surface area (Å²) in [5, 5.41) is 2.36. The van der Waals surface area contributed by atoms with Gasteiger partial charge in [0.25, 0.3) is 5.91 Å². The van der Waals surface area contributed by atoms with E-state index in [4.69, 9.17) is 5.73 Å². The Balaban J connectivity index is 2.02. The van der Waals surface area contributed by atoms with Crippen LogP contribution in [0.5, 0.6) is 0 Å². The maximum absolute atomic E-state index is 12.3. The Morgan fingerprint density at radius 3 is 2.57 bits per heavy atom. The lowest BCUT2D eigenvalue weighted by Crippen LogP contribution is -2.46. The maximum atomic E-state index is 12.3. The molecule has 0 aliphatic carbocycles. The number of carbonyl (C=O) groups is 4. The third kappa shape index (κ3) is 3.48. The molecule has 1 atom stereocenters. The standard InChI is InChI=1S/C12H19N5O4/c1-15-2-3-16(6-8(5-15)11(13)20)10(19)7-17-9(18)4-14-12(17)21/h8H,2-7H2,1H3,(H2,13,20)(H,14,21)/t8-/m1/s1.